The van der Waals surface area contributed by atoms with Crippen molar-refractivity contribution in [2.45, 2.75) is 147 Å². The number of aryl methyl sites for hydroxylation is 2. The number of amides is 6. The lowest BCUT2D eigenvalue weighted by Crippen LogP contribution is -2.48. The molecule has 0 bridgehead atoms. The molecule has 110 heavy (non-hydrogen) atoms. The van der Waals surface area contributed by atoms with Gasteiger partial charge in [0, 0.05) is 98.6 Å². The van der Waals surface area contributed by atoms with Crippen LogP contribution in [0.3, 0.4) is 0 Å². The molecule has 6 N–H and O–H groups in total. The van der Waals surface area contributed by atoms with Gasteiger partial charge in [-0.15, -0.1) is 0 Å². The number of halogens is 7. The van der Waals surface area contributed by atoms with Gasteiger partial charge in [-0.3, -0.25) is 58.6 Å². The van der Waals surface area contributed by atoms with Crippen molar-refractivity contribution < 1.29 is 38.1 Å². The van der Waals surface area contributed by atoms with Gasteiger partial charge in [-0.1, -0.05) is 185 Å². The largest absolute Gasteiger partial charge is 0.366 e. The van der Waals surface area contributed by atoms with Crippen molar-refractivity contribution in [3.63, 3.8) is 0 Å². The van der Waals surface area contributed by atoms with Crippen molar-refractivity contribution in [2.24, 2.45) is 23.7 Å². The zero-order valence-electron chi connectivity index (χ0n) is 63.2. The van der Waals surface area contributed by atoms with Crippen LogP contribution >= 0.6 is 85.3 Å². The summed E-state index contributed by atoms with van der Waals surface area (Å²) in [6.07, 6.45) is 7.34. The summed E-state index contributed by atoms with van der Waals surface area (Å²) in [6.45, 7) is 29.2. The number of imide groups is 3. The minimum Gasteiger partial charge on any atom is -0.366 e. The highest BCUT2D eigenvalue weighted by Crippen LogP contribution is 2.61. The number of aromatic nitrogens is 8. The quantitative estimate of drug-likeness (QED) is 0.0205. The molecule has 1 saturated heterocycles. The van der Waals surface area contributed by atoms with Crippen LogP contribution in [0.5, 0.6) is 0 Å². The fourth-order valence-corrected chi connectivity index (χ4v) is 12.1. The summed E-state index contributed by atoms with van der Waals surface area (Å²) >= 11 is 36.8. The van der Waals surface area contributed by atoms with Crippen molar-refractivity contribution in [1.82, 2.24) is 55.4 Å². The van der Waals surface area contributed by atoms with Gasteiger partial charge >= 0.3 is 5.20 Å². The standard InChI is InChI=1S/C24H23N5.C14H16ClN3.C10H8N2.C8H10ClNO2.C8H11NO3.C8H11NO2.C7H8Cl2N2.Cl3OP/c1-16(2)21-15-27-24(28-23(21)26-14-18-8-5-4-6-9-18)29-17(3)12-20-19(13-25)10-7-11-22(20)29;1-10(2)12-9-17-14(15)18-13(12)16-8-11-6-4-3-5-7-11;1-7-5-9-8(6-11)3-2-4-10(9)12-7;1-4(2)7-5(9)3-6(11)10-8(7)12;1-4(2)7-5(10)3-6(11)9-8(7)12;1-5(2)6-3-4-7(10)9-8(6)11;1-4(2)5-3-10-7(9)11-6(5)8;1-5(2,3)4/h4-12,15-16H,14H2,1-3H3,(H,26,27,28);3-7,9-10H,8H2,1-2H3,(H,16,17,18);2-5,12H,1H3;4H,3H2,1-2H3,(H,10,11,12);4,7H,3H2,1-2H3,(H,9,11,12);3,5H,4H2,1-2H3,(H,9,10,11);3-4H,1-2H3;. The van der Waals surface area contributed by atoms with Crippen LogP contribution < -0.4 is 26.6 Å². The molecular formula is C79H87Cl7N15O8P. The van der Waals surface area contributed by atoms with Gasteiger partial charge in [-0.2, -0.15) is 15.5 Å². The van der Waals surface area contributed by atoms with Crippen molar-refractivity contribution in [3.8, 4) is 18.1 Å². The molecule has 1 fully saturated rings. The van der Waals surface area contributed by atoms with E-state index in [1.165, 1.54) is 11.1 Å². The van der Waals surface area contributed by atoms with Crippen molar-refractivity contribution in [1.29, 1.82) is 10.5 Å². The van der Waals surface area contributed by atoms with E-state index in [1.54, 1.807) is 32.3 Å². The Bertz CT molecular complexity index is 4920. The normalized spacial score (nSPS) is 13.9. The van der Waals surface area contributed by atoms with E-state index in [0.717, 1.165) is 73.6 Å². The molecule has 1 atom stereocenters. The maximum absolute atomic E-state index is 11.2. The second-order valence-electron chi connectivity index (χ2n) is 26.8. The number of anilines is 2. The van der Waals surface area contributed by atoms with Crippen molar-refractivity contribution >= 4 is 160 Å². The first kappa shape index (κ1) is 91.2. The number of hydrogen-bond acceptors (Lipinski definition) is 18. The van der Waals surface area contributed by atoms with Gasteiger partial charge in [0.05, 0.1) is 47.5 Å². The van der Waals surface area contributed by atoms with Gasteiger partial charge in [-0.25, -0.2) is 24.9 Å². The van der Waals surface area contributed by atoms with Crippen LogP contribution in [0.4, 0.5) is 11.6 Å². The van der Waals surface area contributed by atoms with E-state index in [1.807, 2.05) is 151 Å². The van der Waals surface area contributed by atoms with Crippen LogP contribution in [0.25, 0.3) is 27.8 Å². The van der Waals surface area contributed by atoms with Gasteiger partial charge in [0.15, 0.2) is 5.78 Å². The minimum absolute atomic E-state index is 0.0365. The van der Waals surface area contributed by atoms with E-state index in [0.29, 0.717) is 63.6 Å². The van der Waals surface area contributed by atoms with Crippen LogP contribution in [0.2, 0.25) is 15.7 Å². The average Bonchev–Trinajstić information content (AvgIpc) is 1.61. The molecule has 3 aliphatic heterocycles. The molecule has 23 nitrogen and oxygen atoms in total. The maximum Gasteiger partial charge on any atom is 0.339 e. The Balaban J connectivity index is 0.000000235. The fourth-order valence-electron chi connectivity index (χ4n) is 11.0. The van der Waals surface area contributed by atoms with Crippen LogP contribution in [0.15, 0.2) is 150 Å². The Labute approximate surface area is 674 Å². The molecule has 31 heteroatoms. The highest BCUT2D eigenvalue weighted by Gasteiger charge is 2.36. The van der Waals surface area contributed by atoms with E-state index >= 15 is 0 Å². The Morgan fingerprint density at radius 2 is 1.05 bits per heavy atom. The van der Waals surface area contributed by atoms with Gasteiger partial charge in [0.2, 0.25) is 40.1 Å². The summed E-state index contributed by atoms with van der Waals surface area (Å²) < 4.78 is 11.5. The third-order valence-corrected chi connectivity index (χ3v) is 17.3. The minimum atomic E-state index is -3.22. The third-order valence-electron chi connectivity index (χ3n) is 16.3. The number of ketones is 1. The number of nitriles is 2. The van der Waals surface area contributed by atoms with E-state index in [4.69, 9.17) is 56.6 Å². The van der Waals surface area contributed by atoms with Gasteiger partial charge in [0.1, 0.15) is 16.8 Å². The molecule has 12 rings (SSSR count). The van der Waals surface area contributed by atoms with E-state index in [2.05, 4.69) is 154 Å². The lowest BCUT2D eigenvalue weighted by Gasteiger charge is -2.22. The van der Waals surface area contributed by atoms with E-state index in [-0.39, 0.29) is 70.6 Å². The maximum atomic E-state index is 11.2. The predicted molar refractivity (Wildman–Crippen MR) is 437 cm³/mol. The van der Waals surface area contributed by atoms with Crippen LogP contribution in [0.1, 0.15) is 170 Å². The van der Waals surface area contributed by atoms with Crippen molar-refractivity contribution in [2.75, 3.05) is 10.6 Å². The van der Waals surface area contributed by atoms with Gasteiger partial charge in [0.25, 0.3) is 11.8 Å². The number of nitrogens with one attached hydrogen (secondary N) is 6. The molecule has 8 heterocycles. The Hall–Kier alpha value is -9.39. The van der Waals surface area contributed by atoms with E-state index < -0.39 is 22.9 Å². The summed E-state index contributed by atoms with van der Waals surface area (Å²) in [5.41, 5.74) is 12.2. The first-order valence-corrected chi connectivity index (χ1v) is 40.7. The number of piperidine rings is 1. The third kappa shape index (κ3) is 28.8. The number of benzene rings is 4. The van der Waals surface area contributed by atoms with Crippen LogP contribution in [0, 0.1) is 60.2 Å². The van der Waals surface area contributed by atoms with Gasteiger partial charge < -0.3 is 15.6 Å². The molecule has 0 spiro atoms. The number of Topliss-reactive ketones (excluding diaryl/α,β-unsaturated/α-hetero) is 1. The first-order valence-electron chi connectivity index (χ1n) is 34.8. The molecule has 580 valence electrons. The number of nitrogens with zero attached hydrogens (tertiary/aromatic N) is 9. The predicted octanol–water partition coefficient (Wildman–Crippen LogP) is 18.9. The van der Waals surface area contributed by atoms with Gasteiger partial charge in [-0.05, 0) is 154 Å². The molecule has 1 unspecified atom stereocenters. The number of carbonyl (C=O) groups excluding carboxylic acids is 7. The molecule has 5 aromatic heterocycles. The number of rotatable bonds is 13. The molecule has 4 aromatic carbocycles. The van der Waals surface area contributed by atoms with Crippen molar-refractivity contribution in [3.05, 3.63) is 216 Å². The smallest absolute Gasteiger partial charge is 0.339 e. The average molecular weight is 1650 g/mol. The highest BCUT2D eigenvalue weighted by atomic mass is 36.0. The topological polar surface area (TPSA) is 342 Å². The van der Waals surface area contributed by atoms with Crippen LogP contribution in [-0.2, 0) is 51.2 Å². The SMILES string of the molecule is CC(C)C1=C(Cl)CC(=O)NC1=O.CC(C)C1=CCC(=O)NC1=O.CC(C)C1C(=O)CC(=O)NC1=O.CC(C)c1cnc(Cl)nc1Cl.CC(C)c1cnc(Cl)nc1NCc1ccccc1.Cc1cc2c(C#N)cccc2[nH]1.Cc1cc2c(C#N)cccc2n1-c1ncc(C(C)C)c(NCc2ccccc2)n1.O=P(Cl)(Cl)Cl. The summed E-state index contributed by atoms with van der Waals surface area (Å²) in [7, 11) is 0. The zero-order chi connectivity index (χ0) is 81.9. The fraction of sp³-hybridized carbons (Fsp3) is 0.329. The molecule has 9 aromatic rings. The molecule has 0 aliphatic carbocycles. The number of fused-ring (bicyclic) bond motifs is 2. The van der Waals surface area contributed by atoms with E-state index in [9.17, 15) is 43.4 Å². The molecule has 3 aliphatic rings. The number of H-pyrrole nitrogens is 1. The summed E-state index contributed by atoms with van der Waals surface area (Å²) in [5.74, 6) is 0.508. The first-order chi connectivity index (χ1) is 51.8. The number of aromatic amines is 1. The Morgan fingerprint density at radius 3 is 1.53 bits per heavy atom. The number of hydrogen-bond donors (Lipinski definition) is 6. The molecule has 0 saturated carbocycles. The monoisotopic (exact) mass is 1650 g/mol. The Morgan fingerprint density at radius 1 is 0.555 bits per heavy atom. The summed E-state index contributed by atoms with van der Waals surface area (Å²) in [6, 6.07) is 40.3. The lowest BCUT2D eigenvalue weighted by molar-refractivity contribution is -0.145. The molecule has 0 radical (unpaired) electrons. The highest BCUT2D eigenvalue weighted by molar-refractivity contribution is 8.24. The number of carbonyl (C=O) groups is 7. The summed E-state index contributed by atoms with van der Waals surface area (Å²) in [4.78, 5) is 105. The Kier molecular flexibility index (Phi) is 36.4. The molecule has 6 amide bonds. The summed E-state index contributed by atoms with van der Waals surface area (Å²) in [5, 5.41) is 31.6. The zero-order valence-corrected chi connectivity index (χ0v) is 69.3. The lowest BCUT2D eigenvalue weighted by atomic mass is 9.87. The second-order valence-corrected chi connectivity index (χ2v) is 35.0. The van der Waals surface area contributed by atoms with Crippen LogP contribution in [-0.4, -0.2) is 80.7 Å². The molecular weight excluding hydrogens is 1570 g/mol. The second kappa shape index (κ2) is 43.9.